The second-order valence-corrected chi connectivity index (χ2v) is 7.00. The molecule has 0 saturated heterocycles. The Morgan fingerprint density at radius 3 is 3.08 bits per heavy atom. The number of aryl methyl sites for hydroxylation is 1. The molecule has 0 amide bonds. The van der Waals surface area contributed by atoms with E-state index in [9.17, 15) is 0 Å². The third-order valence-corrected chi connectivity index (χ3v) is 5.31. The van der Waals surface area contributed by atoms with Gasteiger partial charge in [0.05, 0.1) is 4.88 Å². The molecule has 0 unspecified atom stereocenters. The Bertz CT molecular complexity index is 1050. The second-order valence-electron chi connectivity index (χ2n) is 6.16. The van der Waals surface area contributed by atoms with E-state index in [1.807, 2.05) is 24.5 Å². The summed E-state index contributed by atoms with van der Waals surface area (Å²) in [5, 5.41) is 12.7. The molecular weight excluding hydrogens is 334 g/mol. The zero-order valence-electron chi connectivity index (χ0n) is 13.6. The summed E-state index contributed by atoms with van der Waals surface area (Å²) in [6.07, 6.45) is 6.33. The number of aromatic nitrogens is 6. The molecule has 0 saturated carbocycles. The number of hydrogen-bond acceptors (Lipinski definition) is 7. The molecule has 0 aromatic carbocycles. The van der Waals surface area contributed by atoms with E-state index in [-0.39, 0.29) is 0 Å². The van der Waals surface area contributed by atoms with Gasteiger partial charge in [-0.1, -0.05) is 0 Å². The summed E-state index contributed by atoms with van der Waals surface area (Å²) >= 11 is 1.50. The summed E-state index contributed by atoms with van der Waals surface area (Å²) in [4.78, 5) is 8.12. The molecule has 1 aliphatic rings. The molecule has 4 aromatic heterocycles. The average molecular weight is 349 g/mol. The van der Waals surface area contributed by atoms with Gasteiger partial charge in [0, 0.05) is 43.2 Å². The lowest BCUT2D eigenvalue weighted by Crippen LogP contribution is -2.32. The molecule has 0 radical (unpaired) electrons. The van der Waals surface area contributed by atoms with Gasteiger partial charge in [0.2, 0.25) is 0 Å². The van der Waals surface area contributed by atoms with Crippen molar-refractivity contribution in [2.45, 2.75) is 19.9 Å². The van der Waals surface area contributed by atoms with Crippen LogP contribution in [0.25, 0.3) is 16.1 Å². The summed E-state index contributed by atoms with van der Waals surface area (Å²) in [5.41, 5.74) is 5.43. The molecule has 5 rings (SSSR count). The van der Waals surface area contributed by atoms with Gasteiger partial charge in [0.15, 0.2) is 11.5 Å². The third-order valence-electron chi connectivity index (χ3n) is 4.52. The zero-order chi connectivity index (χ0) is 16.8. The quantitative estimate of drug-likeness (QED) is 0.554. The van der Waals surface area contributed by atoms with E-state index in [0.717, 1.165) is 47.0 Å². The van der Waals surface area contributed by atoms with Crippen molar-refractivity contribution in [1.82, 2.24) is 29.2 Å². The molecule has 0 spiro atoms. The van der Waals surface area contributed by atoms with E-state index in [1.54, 1.807) is 10.8 Å². The highest BCUT2D eigenvalue weighted by atomic mass is 32.1. The van der Waals surface area contributed by atoms with Crippen LogP contribution < -0.4 is 4.90 Å². The Hall–Kier alpha value is -2.87. The van der Waals surface area contributed by atoms with Gasteiger partial charge in [-0.15, -0.1) is 15.3 Å². The Kier molecular flexibility index (Phi) is 3.24. The fourth-order valence-electron chi connectivity index (χ4n) is 3.27. The van der Waals surface area contributed by atoms with E-state index in [1.165, 1.54) is 22.8 Å². The Morgan fingerprint density at radius 1 is 1.24 bits per heavy atom. The third kappa shape index (κ3) is 2.45. The highest BCUT2D eigenvalue weighted by Crippen LogP contribution is 2.29. The predicted molar refractivity (Wildman–Crippen MR) is 95.6 cm³/mol. The van der Waals surface area contributed by atoms with Crippen LogP contribution in [-0.4, -0.2) is 35.7 Å². The van der Waals surface area contributed by atoms with Crippen molar-refractivity contribution < 1.29 is 0 Å². The molecule has 4 aromatic rings. The van der Waals surface area contributed by atoms with Crippen molar-refractivity contribution in [1.29, 1.82) is 0 Å². The monoisotopic (exact) mass is 349 g/mol. The number of rotatable bonds is 2. The van der Waals surface area contributed by atoms with Gasteiger partial charge in [-0.2, -0.15) is 4.52 Å². The van der Waals surface area contributed by atoms with Crippen molar-refractivity contribution in [2.24, 2.45) is 0 Å². The number of nitrogens with zero attached hydrogens (tertiary/aromatic N) is 7. The van der Waals surface area contributed by atoms with Crippen molar-refractivity contribution >= 4 is 23.0 Å². The first-order valence-corrected chi connectivity index (χ1v) is 8.87. The molecule has 7 nitrogen and oxygen atoms in total. The van der Waals surface area contributed by atoms with E-state index in [2.05, 4.69) is 37.4 Å². The molecule has 1 aliphatic heterocycles. The van der Waals surface area contributed by atoms with Gasteiger partial charge in [-0.05, 0) is 47.8 Å². The molecular formula is C17H15N7S. The number of hydrogen-bond donors (Lipinski definition) is 0. The first kappa shape index (κ1) is 14.5. The lowest BCUT2D eigenvalue weighted by Gasteiger charge is -2.30. The van der Waals surface area contributed by atoms with E-state index < -0.39 is 0 Å². The molecule has 0 aliphatic carbocycles. The SMILES string of the molecule is Cc1cc2nncn2nc1N1CCc2ncc(-c3ccns3)cc2C1. The highest BCUT2D eigenvalue weighted by Gasteiger charge is 2.21. The average Bonchev–Trinajstić information content (AvgIpc) is 3.31. The van der Waals surface area contributed by atoms with Crippen LogP contribution in [0.5, 0.6) is 0 Å². The molecule has 0 atom stereocenters. The lowest BCUT2D eigenvalue weighted by atomic mass is 10.0. The molecule has 5 heterocycles. The molecule has 124 valence electrons. The maximum absolute atomic E-state index is 4.69. The Morgan fingerprint density at radius 2 is 2.20 bits per heavy atom. The summed E-state index contributed by atoms with van der Waals surface area (Å²) in [5.74, 6) is 0.973. The van der Waals surface area contributed by atoms with Crippen LogP contribution >= 0.6 is 11.5 Å². The molecule has 8 heteroatoms. The minimum Gasteiger partial charge on any atom is -0.350 e. The zero-order valence-corrected chi connectivity index (χ0v) is 14.4. The normalized spacial score (nSPS) is 14.0. The van der Waals surface area contributed by atoms with Crippen molar-refractivity contribution in [3.05, 3.63) is 53.7 Å². The van der Waals surface area contributed by atoms with Crippen LogP contribution in [0.2, 0.25) is 0 Å². The minimum atomic E-state index is 0.771. The first-order valence-electron chi connectivity index (χ1n) is 8.09. The van der Waals surface area contributed by atoms with Gasteiger partial charge in [-0.25, -0.2) is 4.37 Å². The summed E-state index contributed by atoms with van der Waals surface area (Å²) in [6.45, 7) is 3.77. The molecule has 0 fully saturated rings. The van der Waals surface area contributed by atoms with Gasteiger partial charge < -0.3 is 4.90 Å². The second kappa shape index (κ2) is 5.59. The predicted octanol–water partition coefficient (Wildman–Crippen LogP) is 2.51. The van der Waals surface area contributed by atoms with Crippen LogP contribution in [0.1, 0.15) is 16.8 Å². The largest absolute Gasteiger partial charge is 0.350 e. The smallest absolute Gasteiger partial charge is 0.177 e. The fraction of sp³-hybridized carbons (Fsp3) is 0.235. The van der Waals surface area contributed by atoms with Crippen LogP contribution in [0, 0.1) is 6.92 Å². The van der Waals surface area contributed by atoms with E-state index >= 15 is 0 Å². The lowest BCUT2D eigenvalue weighted by molar-refractivity contribution is 0.689. The number of anilines is 1. The standard InChI is InChI=1S/C17H15N7S/c1-11-6-16-21-19-10-24(16)22-17(11)23-5-3-14-13(9-23)7-12(8-18-14)15-2-4-20-25-15/h2,4,6-8,10H,3,5,9H2,1H3. The van der Waals surface area contributed by atoms with Crippen molar-refractivity contribution in [3.63, 3.8) is 0 Å². The highest BCUT2D eigenvalue weighted by molar-refractivity contribution is 7.09. The topological polar surface area (TPSA) is 72.1 Å². The van der Waals surface area contributed by atoms with Crippen LogP contribution in [0.15, 0.2) is 36.9 Å². The minimum absolute atomic E-state index is 0.771. The summed E-state index contributed by atoms with van der Waals surface area (Å²) < 4.78 is 5.91. The van der Waals surface area contributed by atoms with Crippen molar-refractivity contribution in [2.75, 3.05) is 11.4 Å². The van der Waals surface area contributed by atoms with Gasteiger partial charge in [0.1, 0.15) is 6.33 Å². The number of fused-ring (bicyclic) bond motifs is 2. The van der Waals surface area contributed by atoms with E-state index in [4.69, 9.17) is 5.10 Å². The summed E-state index contributed by atoms with van der Waals surface area (Å²) in [7, 11) is 0. The maximum atomic E-state index is 4.69. The maximum Gasteiger partial charge on any atom is 0.177 e. The molecule has 25 heavy (non-hydrogen) atoms. The Labute approximate surface area is 148 Å². The van der Waals surface area contributed by atoms with Gasteiger partial charge in [0.25, 0.3) is 0 Å². The van der Waals surface area contributed by atoms with Crippen LogP contribution in [-0.2, 0) is 13.0 Å². The van der Waals surface area contributed by atoms with Crippen LogP contribution in [0.3, 0.4) is 0 Å². The molecule has 0 bridgehead atoms. The fourth-order valence-corrected chi connectivity index (χ4v) is 3.84. The first-order chi connectivity index (χ1) is 12.3. The van der Waals surface area contributed by atoms with Gasteiger partial charge in [-0.3, -0.25) is 4.98 Å². The Balaban J connectivity index is 1.52. The van der Waals surface area contributed by atoms with Gasteiger partial charge >= 0.3 is 0 Å². The summed E-state index contributed by atoms with van der Waals surface area (Å²) in [6, 6.07) is 6.28. The van der Waals surface area contributed by atoms with E-state index in [0.29, 0.717) is 0 Å². The number of pyridine rings is 1. The molecule has 0 N–H and O–H groups in total. The van der Waals surface area contributed by atoms with Crippen LogP contribution in [0.4, 0.5) is 5.82 Å². The van der Waals surface area contributed by atoms with Crippen molar-refractivity contribution in [3.8, 4) is 10.4 Å².